The van der Waals surface area contributed by atoms with Gasteiger partial charge in [0.15, 0.2) is 5.17 Å². The Hall–Kier alpha value is -2.63. The third kappa shape index (κ3) is 4.50. The second-order valence-corrected chi connectivity index (χ2v) is 6.81. The third-order valence-electron chi connectivity index (χ3n) is 3.44. The summed E-state index contributed by atoms with van der Waals surface area (Å²) in [6.45, 7) is 4.09. The maximum absolute atomic E-state index is 12.7. The number of carbonyl (C=O) groups is 1. The Morgan fingerprint density at radius 2 is 2.08 bits per heavy atom. The molecule has 1 aromatic carbocycles. The fourth-order valence-corrected chi connectivity index (χ4v) is 3.59. The second-order valence-electron chi connectivity index (χ2n) is 5.36. The van der Waals surface area contributed by atoms with Crippen LogP contribution in [-0.4, -0.2) is 27.5 Å². The van der Waals surface area contributed by atoms with Gasteiger partial charge >= 0.3 is 0 Å². The molecule has 0 atom stereocenters. The Morgan fingerprint density at radius 3 is 2.77 bits per heavy atom. The number of aromatic nitrogens is 1. The molecule has 0 saturated carbocycles. The van der Waals surface area contributed by atoms with Gasteiger partial charge in [-0.25, -0.2) is 4.99 Å². The number of pyridine rings is 1. The molecule has 1 aliphatic heterocycles. The van der Waals surface area contributed by atoms with Gasteiger partial charge < -0.3 is 0 Å². The fraction of sp³-hybridized carbons (Fsp3) is 0.0500. The van der Waals surface area contributed by atoms with Crippen molar-refractivity contribution >= 4 is 46.2 Å². The first-order valence-electron chi connectivity index (χ1n) is 7.90. The van der Waals surface area contributed by atoms with Gasteiger partial charge in [0, 0.05) is 17.8 Å². The highest BCUT2D eigenvalue weighted by molar-refractivity contribution is 8.18. The van der Waals surface area contributed by atoms with Crippen LogP contribution in [0.5, 0.6) is 0 Å². The lowest BCUT2D eigenvalue weighted by molar-refractivity contribution is -0.121. The van der Waals surface area contributed by atoms with Crippen LogP contribution in [-0.2, 0) is 4.79 Å². The summed E-state index contributed by atoms with van der Waals surface area (Å²) < 4.78 is 0. The Kier molecular flexibility index (Phi) is 6.04. The van der Waals surface area contributed by atoms with Crippen molar-refractivity contribution in [2.75, 3.05) is 6.54 Å². The van der Waals surface area contributed by atoms with Crippen molar-refractivity contribution in [3.63, 3.8) is 0 Å². The molecule has 0 N–H and O–H groups in total. The third-order valence-corrected chi connectivity index (χ3v) is 4.67. The number of allylic oxidation sites excluding steroid dienone is 2. The molecule has 1 amide bonds. The van der Waals surface area contributed by atoms with Crippen molar-refractivity contribution < 1.29 is 4.79 Å². The van der Waals surface area contributed by atoms with E-state index in [-0.39, 0.29) is 5.91 Å². The monoisotopic (exact) mass is 381 g/mol. The van der Waals surface area contributed by atoms with Crippen molar-refractivity contribution in [3.8, 4) is 0 Å². The number of nitrogens with zero attached hydrogens (tertiary/aromatic N) is 3. The zero-order chi connectivity index (χ0) is 18.4. The van der Waals surface area contributed by atoms with Crippen molar-refractivity contribution in [1.82, 2.24) is 9.88 Å². The van der Waals surface area contributed by atoms with Crippen molar-refractivity contribution in [2.45, 2.75) is 0 Å². The van der Waals surface area contributed by atoms with Gasteiger partial charge in [-0.15, -0.1) is 6.58 Å². The Bertz CT molecular complexity index is 892. The molecule has 4 nitrogen and oxygen atoms in total. The zero-order valence-electron chi connectivity index (χ0n) is 13.9. The quantitative estimate of drug-likeness (QED) is 0.541. The highest BCUT2D eigenvalue weighted by Crippen LogP contribution is 2.34. The van der Waals surface area contributed by atoms with E-state index >= 15 is 0 Å². The van der Waals surface area contributed by atoms with Gasteiger partial charge in [0.2, 0.25) is 0 Å². The number of hydrogen-bond donors (Lipinski definition) is 0. The molecule has 0 unspecified atom stereocenters. The van der Waals surface area contributed by atoms with Crippen LogP contribution in [0.15, 0.2) is 88.5 Å². The average molecular weight is 382 g/mol. The molecule has 1 aliphatic rings. The predicted octanol–water partition coefficient (Wildman–Crippen LogP) is 4.99. The lowest BCUT2D eigenvalue weighted by atomic mass is 10.2. The van der Waals surface area contributed by atoms with Crippen LogP contribution in [0.3, 0.4) is 0 Å². The van der Waals surface area contributed by atoms with E-state index in [1.807, 2.05) is 42.5 Å². The molecule has 130 valence electrons. The summed E-state index contributed by atoms with van der Waals surface area (Å²) in [7, 11) is 0. The molecule has 26 heavy (non-hydrogen) atoms. The molecule has 0 spiro atoms. The molecule has 0 radical (unpaired) electrons. The molecule has 1 aromatic heterocycles. The lowest BCUT2D eigenvalue weighted by Crippen LogP contribution is -2.29. The van der Waals surface area contributed by atoms with Gasteiger partial charge in [-0.2, -0.15) is 0 Å². The molecule has 2 heterocycles. The molecule has 0 bridgehead atoms. The minimum atomic E-state index is -0.142. The Morgan fingerprint density at radius 1 is 1.27 bits per heavy atom. The Balaban J connectivity index is 1.89. The minimum Gasteiger partial charge on any atom is -0.283 e. The number of halogens is 1. The van der Waals surface area contributed by atoms with Gasteiger partial charge in [0.1, 0.15) is 0 Å². The van der Waals surface area contributed by atoms with Gasteiger partial charge in [-0.3, -0.25) is 14.7 Å². The number of amides is 1. The molecule has 1 fully saturated rings. The molecular weight excluding hydrogens is 366 g/mol. The first kappa shape index (κ1) is 18.2. The predicted molar refractivity (Wildman–Crippen MR) is 109 cm³/mol. The summed E-state index contributed by atoms with van der Waals surface area (Å²) in [4.78, 5) is 23.4. The zero-order valence-corrected chi connectivity index (χ0v) is 15.5. The van der Waals surface area contributed by atoms with Crippen LogP contribution < -0.4 is 0 Å². The lowest BCUT2D eigenvalue weighted by Gasteiger charge is -2.12. The van der Waals surface area contributed by atoms with Gasteiger partial charge in [-0.05, 0) is 41.6 Å². The molecular formula is C20H16ClN3OS. The number of thioether (sulfide) groups is 1. The van der Waals surface area contributed by atoms with Crippen LogP contribution >= 0.6 is 23.4 Å². The topological polar surface area (TPSA) is 45.6 Å². The molecule has 2 aromatic rings. The van der Waals surface area contributed by atoms with E-state index in [0.717, 1.165) is 5.56 Å². The number of aliphatic imine (C=N–C) groups is 1. The van der Waals surface area contributed by atoms with E-state index in [0.29, 0.717) is 27.3 Å². The summed E-state index contributed by atoms with van der Waals surface area (Å²) in [5.74, 6) is -0.142. The van der Waals surface area contributed by atoms with Crippen LogP contribution in [0.2, 0.25) is 0 Å². The number of carbonyl (C=O) groups excluding carboxylic acids is 1. The van der Waals surface area contributed by atoms with E-state index in [1.54, 1.807) is 35.5 Å². The molecule has 1 saturated heterocycles. The van der Waals surface area contributed by atoms with Crippen molar-refractivity contribution in [3.05, 3.63) is 89.1 Å². The van der Waals surface area contributed by atoms with Gasteiger partial charge in [0.05, 0.1) is 16.8 Å². The number of hydrogen-bond acceptors (Lipinski definition) is 4. The van der Waals surface area contributed by atoms with Crippen LogP contribution in [0.1, 0.15) is 5.56 Å². The van der Waals surface area contributed by atoms with Crippen LogP contribution in [0, 0.1) is 0 Å². The summed E-state index contributed by atoms with van der Waals surface area (Å²) in [6.07, 6.45) is 8.48. The first-order valence-corrected chi connectivity index (χ1v) is 9.10. The first-order chi connectivity index (χ1) is 12.7. The smallest absolute Gasteiger partial charge is 0.267 e. The minimum absolute atomic E-state index is 0.142. The standard InChI is InChI=1S/C20H16ClN3OS/c1-2-11-24-19(25)18(13-16(21)12-15-7-4-3-5-8-15)26-20(24)23-17-9-6-10-22-14-17/h2-10,12-14H,1,11H2/b16-12-,18-13-,23-20?. The SMILES string of the molecule is C=CCN1C(=O)/C(=C/C(Cl)=C/c2ccccc2)SC1=Nc1cccnc1. The largest absolute Gasteiger partial charge is 0.283 e. The maximum Gasteiger partial charge on any atom is 0.267 e. The molecule has 0 aliphatic carbocycles. The van der Waals surface area contributed by atoms with Crippen molar-refractivity contribution in [1.29, 1.82) is 0 Å². The van der Waals surface area contributed by atoms with Crippen LogP contribution in [0.25, 0.3) is 6.08 Å². The van der Waals surface area contributed by atoms with E-state index in [4.69, 9.17) is 11.6 Å². The summed E-state index contributed by atoms with van der Waals surface area (Å²) in [5.41, 5.74) is 1.65. The number of benzene rings is 1. The molecule has 6 heteroatoms. The van der Waals surface area contributed by atoms with E-state index in [1.165, 1.54) is 11.8 Å². The fourth-order valence-electron chi connectivity index (χ4n) is 2.29. The summed E-state index contributed by atoms with van der Waals surface area (Å²) >= 11 is 7.61. The Labute approximate surface area is 161 Å². The second kappa shape index (κ2) is 8.65. The van der Waals surface area contributed by atoms with Gasteiger partial charge in [-0.1, -0.05) is 48.0 Å². The number of rotatable bonds is 5. The highest BCUT2D eigenvalue weighted by atomic mass is 35.5. The average Bonchev–Trinajstić information content (AvgIpc) is 2.92. The van der Waals surface area contributed by atoms with E-state index in [9.17, 15) is 4.79 Å². The van der Waals surface area contributed by atoms with Crippen LogP contribution in [0.4, 0.5) is 5.69 Å². The molecule has 3 rings (SSSR count). The summed E-state index contributed by atoms with van der Waals surface area (Å²) in [6, 6.07) is 13.3. The number of amidine groups is 1. The van der Waals surface area contributed by atoms with Crippen molar-refractivity contribution in [2.24, 2.45) is 4.99 Å². The van der Waals surface area contributed by atoms with E-state index < -0.39 is 0 Å². The van der Waals surface area contributed by atoms with E-state index in [2.05, 4.69) is 16.6 Å². The van der Waals surface area contributed by atoms with Gasteiger partial charge in [0.25, 0.3) is 5.91 Å². The highest BCUT2D eigenvalue weighted by Gasteiger charge is 2.32. The maximum atomic E-state index is 12.7. The normalized spacial score (nSPS) is 18.0. The summed E-state index contributed by atoms with van der Waals surface area (Å²) in [5, 5.41) is 1.06.